The highest BCUT2D eigenvalue weighted by Crippen LogP contribution is 2.37. The number of nitrogens with one attached hydrogen (secondary N) is 4. The number of fused-ring (bicyclic) bond motifs is 2. The number of rotatable bonds is 23. The van der Waals surface area contributed by atoms with E-state index in [1.54, 1.807) is 27.4 Å². The number of hydrogen-bond acceptors (Lipinski definition) is 18. The van der Waals surface area contributed by atoms with Crippen LogP contribution in [0.5, 0.6) is 0 Å². The number of carbonyl (C=O) groups is 4. The quantitative estimate of drug-likeness (QED) is 0.0358. The molecule has 81 heavy (non-hydrogen) atoms. The summed E-state index contributed by atoms with van der Waals surface area (Å²) in [6.07, 6.45) is 4.04. The second-order valence-corrected chi connectivity index (χ2v) is 19.0. The lowest BCUT2D eigenvalue weighted by Crippen LogP contribution is -2.42. The van der Waals surface area contributed by atoms with E-state index in [2.05, 4.69) is 21.3 Å². The molecular weight excluding hydrogens is 1050 g/mol. The van der Waals surface area contributed by atoms with Gasteiger partial charge in [0.2, 0.25) is 0 Å². The van der Waals surface area contributed by atoms with Crippen molar-refractivity contribution in [1.29, 1.82) is 0 Å². The molecule has 12 atom stereocenters. The van der Waals surface area contributed by atoms with E-state index >= 15 is 0 Å². The molecule has 4 aromatic carbocycles. The molecule has 0 aliphatic carbocycles. The maximum absolute atomic E-state index is 11.7. The number of ether oxygens (including phenoxy) is 13. The third-order valence-corrected chi connectivity index (χ3v) is 13.3. The molecule has 22 nitrogen and oxygen atoms in total. The van der Waals surface area contributed by atoms with E-state index in [1.165, 1.54) is 0 Å². The summed E-state index contributed by atoms with van der Waals surface area (Å²) in [4.78, 5) is 46.4. The third-order valence-electron chi connectivity index (χ3n) is 13.3. The fourth-order valence-corrected chi connectivity index (χ4v) is 8.65. The molecule has 6 heterocycles. The van der Waals surface area contributed by atoms with Crippen LogP contribution in [0.2, 0.25) is 0 Å². The molecule has 438 valence electrons. The van der Waals surface area contributed by atoms with Gasteiger partial charge in [0.1, 0.15) is 99.7 Å². The van der Waals surface area contributed by atoms with E-state index < -0.39 is 30.5 Å². The average molecular weight is 1130 g/mol. The molecule has 22 heteroatoms. The summed E-state index contributed by atoms with van der Waals surface area (Å²) in [6, 6.07) is 38.0. The standard InChI is InChI=1S/2C15H19NO5.C15H19NO4.C14H17NO4/c2*1-18-11(13-14-12(21-14)9-19-13)7-16-15(17)20-8-10-5-3-2-4-6-10;1-18-14(13-8-5-9-19-13)10-16-15(17)20-11-12-6-3-2-4-7-12;16-12(13-7-4-8-18-13)9-15-14(17)19-10-11-5-2-1-3-6-11/h2*2-6,11-14H,7-9H2,1H3,(H,16,17);2-8,13-14H,9-11H2,1H3,(H,16,17);1-7,12-13,16H,8-10H2,(H,15,17)/t11?,12-,13+,14-;11?,12-,13-,14-;13-,14?;12?,13-/m0100/s1. The lowest BCUT2D eigenvalue weighted by Gasteiger charge is -2.22. The summed E-state index contributed by atoms with van der Waals surface area (Å²) in [6.45, 7) is 4.37. The van der Waals surface area contributed by atoms with Crippen molar-refractivity contribution in [2.45, 2.75) is 99.7 Å². The molecular formula is C59H74N4O18. The van der Waals surface area contributed by atoms with E-state index in [-0.39, 0.29) is 100 Å². The Labute approximate surface area is 471 Å². The molecule has 4 unspecified atom stereocenters. The Morgan fingerprint density at radius 1 is 0.457 bits per heavy atom. The van der Waals surface area contributed by atoms with Crippen molar-refractivity contribution in [1.82, 2.24) is 21.3 Å². The molecule has 0 saturated carbocycles. The number of benzene rings is 4. The first-order valence-corrected chi connectivity index (χ1v) is 26.8. The van der Waals surface area contributed by atoms with E-state index in [0.29, 0.717) is 46.1 Å². The van der Waals surface area contributed by atoms with Gasteiger partial charge in [0.25, 0.3) is 0 Å². The van der Waals surface area contributed by atoms with Gasteiger partial charge in [0, 0.05) is 47.5 Å². The van der Waals surface area contributed by atoms with Gasteiger partial charge >= 0.3 is 24.4 Å². The summed E-state index contributed by atoms with van der Waals surface area (Å²) in [5.41, 5.74) is 3.77. The van der Waals surface area contributed by atoms with Crippen LogP contribution >= 0.6 is 0 Å². The average Bonchev–Trinajstić information content (AvgIpc) is 3.95. The van der Waals surface area contributed by atoms with Gasteiger partial charge in [-0.05, 0) is 22.3 Å². The normalized spacial score (nSPS) is 23.5. The largest absolute Gasteiger partial charge is 0.445 e. The van der Waals surface area contributed by atoms with Crippen LogP contribution in [0.4, 0.5) is 19.2 Å². The van der Waals surface area contributed by atoms with Crippen LogP contribution in [-0.4, -0.2) is 177 Å². The minimum absolute atomic E-state index is 0.0998. The molecule has 5 N–H and O–H groups in total. The highest BCUT2D eigenvalue weighted by atomic mass is 16.7. The zero-order chi connectivity index (χ0) is 57.0. The molecule has 6 aliphatic heterocycles. The number of amides is 4. The molecule has 0 radical (unpaired) electrons. The van der Waals surface area contributed by atoms with Gasteiger partial charge < -0.3 is 88.0 Å². The van der Waals surface area contributed by atoms with E-state index in [0.717, 1.165) is 22.3 Å². The summed E-state index contributed by atoms with van der Waals surface area (Å²) in [5.74, 6) is 0. The van der Waals surface area contributed by atoms with Crippen LogP contribution in [0.25, 0.3) is 0 Å². The lowest BCUT2D eigenvalue weighted by atomic mass is 10.1. The van der Waals surface area contributed by atoms with E-state index in [1.807, 2.05) is 140 Å². The predicted molar refractivity (Wildman–Crippen MR) is 291 cm³/mol. The summed E-state index contributed by atoms with van der Waals surface area (Å²) >= 11 is 0. The second-order valence-electron chi connectivity index (χ2n) is 19.0. The summed E-state index contributed by atoms with van der Waals surface area (Å²) < 4.78 is 69.1. The molecule has 0 bridgehead atoms. The first-order valence-electron chi connectivity index (χ1n) is 26.8. The fourth-order valence-electron chi connectivity index (χ4n) is 8.65. The number of alkyl carbamates (subject to hydrolysis) is 4. The van der Waals surface area contributed by atoms with Crippen molar-refractivity contribution in [2.75, 3.05) is 73.9 Å². The molecule has 4 aromatic rings. The number of epoxide rings is 2. The smallest absolute Gasteiger partial charge is 0.407 e. The maximum atomic E-state index is 11.7. The predicted octanol–water partition coefficient (Wildman–Crippen LogP) is 5.30. The van der Waals surface area contributed by atoms with Crippen LogP contribution < -0.4 is 21.3 Å². The maximum Gasteiger partial charge on any atom is 0.407 e. The van der Waals surface area contributed by atoms with Gasteiger partial charge in [0.05, 0.1) is 26.4 Å². The van der Waals surface area contributed by atoms with Crippen LogP contribution in [-0.2, 0) is 88.0 Å². The van der Waals surface area contributed by atoms with E-state index in [9.17, 15) is 24.3 Å². The molecule has 4 amide bonds. The van der Waals surface area contributed by atoms with Crippen LogP contribution in [0.15, 0.2) is 146 Å². The Balaban J connectivity index is 0.000000156. The van der Waals surface area contributed by atoms with Crippen LogP contribution in [0.3, 0.4) is 0 Å². The van der Waals surface area contributed by atoms with Gasteiger partial charge in [0.15, 0.2) is 0 Å². The Hall–Kier alpha value is -6.96. The Bertz CT molecular complexity index is 2450. The Kier molecular flexibility index (Phi) is 25.7. The first kappa shape index (κ1) is 61.7. The highest BCUT2D eigenvalue weighted by molar-refractivity contribution is 5.68. The van der Waals surface area contributed by atoms with Crippen LogP contribution in [0.1, 0.15) is 22.3 Å². The Morgan fingerprint density at radius 2 is 0.778 bits per heavy atom. The molecule has 10 rings (SSSR count). The van der Waals surface area contributed by atoms with Gasteiger partial charge in [-0.3, -0.25) is 0 Å². The topological polar surface area (TPSA) is 263 Å². The number of aliphatic hydroxyl groups is 1. The molecule has 6 aliphatic rings. The van der Waals surface area contributed by atoms with Crippen molar-refractivity contribution in [2.24, 2.45) is 0 Å². The third kappa shape index (κ3) is 21.5. The van der Waals surface area contributed by atoms with Crippen LogP contribution in [0, 0.1) is 0 Å². The fraction of sp³-hybridized carbons (Fsp3) is 0.458. The summed E-state index contributed by atoms with van der Waals surface area (Å²) in [7, 11) is 4.79. The molecule has 0 aromatic heterocycles. The van der Waals surface area contributed by atoms with Crippen molar-refractivity contribution < 1.29 is 85.9 Å². The zero-order valence-electron chi connectivity index (χ0n) is 45.7. The molecule has 4 saturated heterocycles. The summed E-state index contributed by atoms with van der Waals surface area (Å²) in [5, 5.41) is 20.3. The SMILES string of the molecule is COC(CNC(=O)OCc1ccccc1)[C@@H]1C=CCO1.COC(CNC(=O)OCc1ccccc1)[C@H]1OC[C@@H]2O[C@@H]21.COC(CNC(=O)OCc1ccccc1)[C@H]1OC[C@H]2O[C@@H]12.O=C(NCC(O)[C@@H]1C=CCO1)OCc1ccccc1. The number of aliphatic hydroxyl groups excluding tert-OH is 1. The minimum atomic E-state index is -0.761. The minimum Gasteiger partial charge on any atom is -0.445 e. The second kappa shape index (κ2) is 33.7. The number of methoxy groups -OCH3 is 3. The Morgan fingerprint density at radius 3 is 1.06 bits per heavy atom. The molecule has 4 fully saturated rings. The monoisotopic (exact) mass is 1130 g/mol. The van der Waals surface area contributed by atoms with Gasteiger partial charge in [-0.25, -0.2) is 19.2 Å². The number of carbonyl (C=O) groups excluding carboxylic acids is 4. The van der Waals surface area contributed by atoms with Crippen molar-refractivity contribution in [3.05, 3.63) is 168 Å². The van der Waals surface area contributed by atoms with E-state index in [4.69, 9.17) is 61.6 Å². The van der Waals surface area contributed by atoms with Gasteiger partial charge in [-0.2, -0.15) is 0 Å². The van der Waals surface area contributed by atoms with Crippen molar-refractivity contribution >= 4 is 24.4 Å². The van der Waals surface area contributed by atoms with Gasteiger partial charge in [-0.1, -0.05) is 146 Å². The number of hydrogen-bond donors (Lipinski definition) is 5. The highest BCUT2D eigenvalue weighted by Gasteiger charge is 2.55. The zero-order valence-corrected chi connectivity index (χ0v) is 45.7. The van der Waals surface area contributed by atoms with Gasteiger partial charge in [-0.15, -0.1) is 0 Å². The lowest BCUT2D eigenvalue weighted by molar-refractivity contribution is -0.0630. The van der Waals surface area contributed by atoms with Crippen molar-refractivity contribution in [3.8, 4) is 0 Å². The molecule has 0 spiro atoms. The van der Waals surface area contributed by atoms with Crippen molar-refractivity contribution in [3.63, 3.8) is 0 Å². The first-order chi connectivity index (χ1) is 39.6.